The van der Waals surface area contributed by atoms with E-state index in [1.807, 2.05) is 48.8 Å². The Morgan fingerprint density at radius 1 is 0.929 bits per heavy atom. The first-order valence-electron chi connectivity index (χ1n) is 9.53. The van der Waals surface area contributed by atoms with Gasteiger partial charge in [0.15, 0.2) is 5.78 Å². The molecule has 0 aliphatic carbocycles. The summed E-state index contributed by atoms with van der Waals surface area (Å²) in [5.74, 6) is 0.996. The lowest BCUT2D eigenvalue weighted by Gasteiger charge is -2.21. The van der Waals surface area contributed by atoms with Gasteiger partial charge in [-0.15, -0.1) is 0 Å². The van der Waals surface area contributed by atoms with Gasteiger partial charge in [-0.1, -0.05) is 63.2 Å². The highest BCUT2D eigenvalue weighted by Gasteiger charge is 2.19. The lowest BCUT2D eigenvalue weighted by molar-refractivity contribution is 0.101. The van der Waals surface area contributed by atoms with Crippen molar-refractivity contribution in [1.29, 1.82) is 0 Å². The summed E-state index contributed by atoms with van der Waals surface area (Å²) in [4.78, 5) is 16.4. The van der Waals surface area contributed by atoms with E-state index < -0.39 is 0 Å². The minimum Gasteiger partial charge on any atom is -0.300 e. The van der Waals surface area contributed by atoms with E-state index in [2.05, 4.69) is 49.4 Å². The van der Waals surface area contributed by atoms with E-state index >= 15 is 0 Å². The van der Waals surface area contributed by atoms with Gasteiger partial charge in [-0.3, -0.25) is 9.20 Å². The van der Waals surface area contributed by atoms with Gasteiger partial charge < -0.3 is 0 Å². The number of hydrogen-bond donors (Lipinski definition) is 0. The Labute approximate surface area is 165 Å². The van der Waals surface area contributed by atoms with Crippen molar-refractivity contribution in [1.82, 2.24) is 9.38 Å². The molecule has 140 valence electrons. The van der Waals surface area contributed by atoms with Gasteiger partial charge in [-0.25, -0.2) is 4.98 Å². The molecule has 4 rings (SSSR count). The molecule has 0 bridgehead atoms. The van der Waals surface area contributed by atoms with Crippen molar-refractivity contribution in [2.24, 2.45) is 0 Å². The van der Waals surface area contributed by atoms with Crippen LogP contribution in [-0.4, -0.2) is 15.2 Å². The molecular formula is C25H24N2O. The van der Waals surface area contributed by atoms with Gasteiger partial charge in [-0.2, -0.15) is 0 Å². The highest BCUT2D eigenvalue weighted by molar-refractivity contribution is 5.95. The lowest BCUT2D eigenvalue weighted by Crippen LogP contribution is -2.11. The molecule has 28 heavy (non-hydrogen) atoms. The van der Waals surface area contributed by atoms with Crippen LogP contribution in [0.5, 0.6) is 0 Å². The second kappa shape index (κ2) is 6.75. The quantitative estimate of drug-likeness (QED) is 0.405. The number of imidazole rings is 1. The fraction of sp³-hybridized carbons (Fsp3) is 0.200. The topological polar surface area (TPSA) is 34.4 Å². The van der Waals surface area contributed by atoms with Crippen LogP contribution in [0.15, 0.2) is 73.1 Å². The average Bonchev–Trinajstić information content (AvgIpc) is 3.11. The molecule has 0 saturated carbocycles. The number of nitrogens with zero attached hydrogens (tertiary/aromatic N) is 2. The number of pyridine rings is 1. The van der Waals surface area contributed by atoms with Crippen LogP contribution in [0.4, 0.5) is 0 Å². The second-order valence-corrected chi connectivity index (χ2v) is 8.22. The van der Waals surface area contributed by atoms with Gasteiger partial charge >= 0.3 is 0 Å². The van der Waals surface area contributed by atoms with Crippen molar-refractivity contribution < 1.29 is 4.79 Å². The van der Waals surface area contributed by atoms with E-state index in [0.717, 1.165) is 33.6 Å². The minimum atomic E-state index is 0.0429. The zero-order valence-corrected chi connectivity index (χ0v) is 16.7. The highest BCUT2D eigenvalue weighted by atomic mass is 16.1. The van der Waals surface area contributed by atoms with Gasteiger partial charge in [-0.05, 0) is 47.2 Å². The third kappa shape index (κ3) is 3.24. The van der Waals surface area contributed by atoms with Gasteiger partial charge in [0, 0.05) is 17.3 Å². The number of benzene rings is 2. The fourth-order valence-electron chi connectivity index (χ4n) is 3.47. The summed E-state index contributed by atoms with van der Waals surface area (Å²) in [5.41, 5.74) is 6.38. The van der Waals surface area contributed by atoms with Crippen molar-refractivity contribution >= 4 is 11.3 Å². The summed E-state index contributed by atoms with van der Waals surface area (Å²) >= 11 is 0. The zero-order chi connectivity index (χ0) is 19.9. The van der Waals surface area contributed by atoms with E-state index in [1.165, 1.54) is 5.56 Å². The van der Waals surface area contributed by atoms with Crippen molar-refractivity contribution in [3.8, 4) is 22.5 Å². The van der Waals surface area contributed by atoms with Crippen molar-refractivity contribution in [2.45, 2.75) is 33.1 Å². The third-order valence-electron chi connectivity index (χ3n) is 5.17. The molecule has 3 nitrogen and oxygen atoms in total. The molecule has 0 saturated heterocycles. The summed E-state index contributed by atoms with van der Waals surface area (Å²) in [6.45, 7) is 8.25. The van der Waals surface area contributed by atoms with Crippen LogP contribution >= 0.6 is 0 Å². The smallest absolute Gasteiger partial charge is 0.159 e. The molecule has 0 aliphatic rings. The maximum Gasteiger partial charge on any atom is 0.159 e. The van der Waals surface area contributed by atoms with E-state index in [4.69, 9.17) is 4.98 Å². The number of aromatic nitrogens is 2. The number of Topliss-reactive ketones (excluding diaryl/α,β-unsaturated/α-hetero) is 1. The van der Waals surface area contributed by atoms with Crippen LogP contribution in [0.25, 0.3) is 28.0 Å². The summed E-state index contributed by atoms with van der Waals surface area (Å²) in [5, 5.41) is 0. The summed E-state index contributed by atoms with van der Waals surface area (Å²) in [6.07, 6.45) is 3.94. The molecule has 2 aromatic heterocycles. The van der Waals surface area contributed by atoms with E-state index in [-0.39, 0.29) is 11.2 Å². The van der Waals surface area contributed by atoms with Gasteiger partial charge in [0.1, 0.15) is 5.82 Å². The average molecular weight is 368 g/mol. The number of carbonyl (C=O) groups excluding carboxylic acids is 1. The molecule has 4 aromatic rings. The largest absolute Gasteiger partial charge is 0.300 e. The number of carbonyl (C=O) groups is 1. The summed E-state index contributed by atoms with van der Waals surface area (Å²) in [6, 6.07) is 20.5. The molecule has 3 heteroatoms. The van der Waals surface area contributed by atoms with Crippen LogP contribution in [0.1, 0.15) is 43.6 Å². The molecule has 0 aliphatic heterocycles. The molecule has 0 atom stereocenters. The van der Waals surface area contributed by atoms with Crippen molar-refractivity contribution in [2.75, 3.05) is 0 Å². The van der Waals surface area contributed by atoms with Crippen LogP contribution in [0.2, 0.25) is 0 Å². The molecule has 2 aromatic carbocycles. The molecule has 0 unspecified atom stereocenters. The zero-order valence-electron chi connectivity index (χ0n) is 16.7. The molecule has 0 N–H and O–H groups in total. The molecular weight excluding hydrogens is 344 g/mol. The predicted octanol–water partition coefficient (Wildman–Crippen LogP) is 6.17. The lowest BCUT2D eigenvalue weighted by atomic mass is 9.84. The van der Waals surface area contributed by atoms with Crippen molar-refractivity contribution in [3.05, 3.63) is 84.2 Å². The van der Waals surface area contributed by atoms with E-state index in [0.29, 0.717) is 0 Å². The fourth-order valence-corrected chi connectivity index (χ4v) is 3.47. The minimum absolute atomic E-state index is 0.0429. The summed E-state index contributed by atoms with van der Waals surface area (Å²) < 4.78 is 2.11. The van der Waals surface area contributed by atoms with Gasteiger partial charge in [0.05, 0.1) is 11.7 Å². The first-order chi connectivity index (χ1) is 13.3. The van der Waals surface area contributed by atoms with Crippen LogP contribution in [-0.2, 0) is 5.41 Å². The Bertz CT molecular complexity index is 1160. The number of fused-ring (bicyclic) bond motifs is 1. The Morgan fingerprint density at radius 3 is 2.36 bits per heavy atom. The number of hydrogen-bond acceptors (Lipinski definition) is 2. The molecule has 2 heterocycles. The van der Waals surface area contributed by atoms with E-state index in [9.17, 15) is 4.79 Å². The maximum absolute atomic E-state index is 11.7. The van der Waals surface area contributed by atoms with Gasteiger partial charge in [0.2, 0.25) is 0 Å². The third-order valence-corrected chi connectivity index (χ3v) is 5.17. The Morgan fingerprint density at radius 2 is 1.68 bits per heavy atom. The van der Waals surface area contributed by atoms with Crippen LogP contribution in [0, 0.1) is 0 Å². The van der Waals surface area contributed by atoms with Gasteiger partial charge in [0.25, 0.3) is 0 Å². The van der Waals surface area contributed by atoms with E-state index in [1.54, 1.807) is 6.92 Å². The SMILES string of the molecule is CC(=O)c1ccc(-c2cc(C(C)(C)C)ccc2-c2ncc3ccccn23)cc1. The van der Waals surface area contributed by atoms with Crippen molar-refractivity contribution in [3.63, 3.8) is 0 Å². The molecule has 0 amide bonds. The maximum atomic E-state index is 11.7. The first-order valence-corrected chi connectivity index (χ1v) is 9.53. The Balaban J connectivity index is 1.95. The normalized spacial score (nSPS) is 11.7. The highest BCUT2D eigenvalue weighted by Crippen LogP contribution is 2.36. The number of rotatable bonds is 3. The van der Waals surface area contributed by atoms with Crippen LogP contribution in [0.3, 0.4) is 0 Å². The standard InChI is InChI=1S/C25H24N2O/c1-17(28)18-8-10-19(11-9-18)23-15-20(25(2,3)4)12-13-22(23)24-26-16-21-7-5-6-14-27(21)24/h5-16H,1-4H3. The Hall–Kier alpha value is -3.20. The molecule has 0 spiro atoms. The second-order valence-electron chi connectivity index (χ2n) is 8.22. The monoisotopic (exact) mass is 368 g/mol. The first kappa shape index (κ1) is 18.2. The summed E-state index contributed by atoms with van der Waals surface area (Å²) in [7, 11) is 0. The molecule has 0 fully saturated rings. The predicted molar refractivity (Wildman–Crippen MR) is 115 cm³/mol. The Kier molecular flexibility index (Phi) is 4.38. The number of ketones is 1. The molecule has 0 radical (unpaired) electrons. The van der Waals surface area contributed by atoms with Crippen LogP contribution < -0.4 is 0 Å².